The number of benzene rings is 1. The summed E-state index contributed by atoms with van der Waals surface area (Å²) in [5, 5.41) is 0. The third kappa shape index (κ3) is 3.93. The van der Waals surface area contributed by atoms with Gasteiger partial charge in [0.25, 0.3) is 0 Å². The van der Waals surface area contributed by atoms with E-state index < -0.39 is 0 Å². The van der Waals surface area contributed by atoms with E-state index in [4.69, 9.17) is 9.47 Å². The van der Waals surface area contributed by atoms with Gasteiger partial charge in [0, 0.05) is 0 Å². The van der Waals surface area contributed by atoms with Gasteiger partial charge in [0.1, 0.15) is 11.4 Å². The molecule has 1 aromatic carbocycles. The minimum atomic E-state index is -0.301. The molecule has 88 valence electrons. The lowest BCUT2D eigenvalue weighted by molar-refractivity contribution is 0.0526. The maximum absolute atomic E-state index is 11.4. The van der Waals surface area contributed by atoms with Crippen molar-refractivity contribution in [2.75, 3.05) is 6.61 Å². The van der Waals surface area contributed by atoms with Crippen LogP contribution in [0.15, 0.2) is 24.3 Å². The summed E-state index contributed by atoms with van der Waals surface area (Å²) in [5.74, 6) is 0.449. The van der Waals surface area contributed by atoms with Gasteiger partial charge in [0.05, 0.1) is 12.2 Å². The van der Waals surface area contributed by atoms with Gasteiger partial charge in [-0.2, -0.15) is 0 Å². The van der Waals surface area contributed by atoms with Crippen LogP contribution in [0.4, 0.5) is 0 Å². The Bertz CT molecular complexity index is 346. The van der Waals surface area contributed by atoms with Crippen molar-refractivity contribution in [3.63, 3.8) is 0 Å². The molecule has 0 saturated heterocycles. The lowest BCUT2D eigenvalue weighted by Crippen LogP contribution is -2.22. The summed E-state index contributed by atoms with van der Waals surface area (Å²) in [6.07, 6.45) is 0. The Balaban J connectivity index is 2.72. The van der Waals surface area contributed by atoms with Gasteiger partial charge < -0.3 is 9.47 Å². The first-order valence-corrected chi connectivity index (χ1v) is 5.38. The van der Waals surface area contributed by atoms with Crippen LogP contribution in [0.25, 0.3) is 0 Å². The van der Waals surface area contributed by atoms with Crippen LogP contribution >= 0.6 is 0 Å². The smallest absolute Gasteiger partial charge is 0.338 e. The molecule has 0 aliphatic carbocycles. The van der Waals surface area contributed by atoms with Crippen LogP contribution in [-0.4, -0.2) is 18.2 Å². The fourth-order valence-corrected chi connectivity index (χ4v) is 1.23. The monoisotopic (exact) mass is 222 g/mol. The highest BCUT2D eigenvalue weighted by Gasteiger charge is 2.12. The molecule has 0 saturated carbocycles. The molecule has 0 aliphatic heterocycles. The summed E-state index contributed by atoms with van der Waals surface area (Å²) in [6.45, 7) is 8.11. The van der Waals surface area contributed by atoms with Crippen molar-refractivity contribution in [2.45, 2.75) is 33.3 Å². The average Bonchev–Trinajstić information content (AvgIpc) is 2.16. The molecular weight excluding hydrogens is 204 g/mol. The second-order valence-electron chi connectivity index (χ2n) is 4.46. The number of carbonyl (C=O) groups excluding carboxylic acids is 1. The molecule has 0 amide bonds. The van der Waals surface area contributed by atoms with Gasteiger partial charge in [-0.3, -0.25) is 0 Å². The van der Waals surface area contributed by atoms with Crippen molar-refractivity contribution in [3.8, 4) is 5.75 Å². The van der Waals surface area contributed by atoms with Crippen LogP contribution in [0.3, 0.4) is 0 Å². The predicted molar refractivity (Wildman–Crippen MR) is 62.8 cm³/mol. The minimum absolute atomic E-state index is 0.231. The molecule has 0 unspecified atom stereocenters. The molecule has 1 aromatic rings. The van der Waals surface area contributed by atoms with Crippen molar-refractivity contribution in [1.29, 1.82) is 0 Å². The van der Waals surface area contributed by atoms with Crippen LogP contribution in [-0.2, 0) is 4.74 Å². The molecule has 0 aromatic heterocycles. The van der Waals surface area contributed by atoms with E-state index in [1.165, 1.54) is 0 Å². The highest BCUT2D eigenvalue weighted by Crippen LogP contribution is 2.18. The lowest BCUT2D eigenvalue weighted by Gasteiger charge is -2.21. The summed E-state index contributed by atoms with van der Waals surface area (Å²) in [7, 11) is 0. The first-order chi connectivity index (χ1) is 7.42. The molecule has 0 N–H and O–H groups in total. The van der Waals surface area contributed by atoms with E-state index in [1.54, 1.807) is 31.2 Å². The maximum atomic E-state index is 11.4. The fourth-order valence-electron chi connectivity index (χ4n) is 1.23. The van der Waals surface area contributed by atoms with E-state index >= 15 is 0 Å². The van der Waals surface area contributed by atoms with E-state index in [0.29, 0.717) is 12.2 Å². The summed E-state index contributed by atoms with van der Waals surface area (Å²) in [4.78, 5) is 11.4. The third-order valence-corrected chi connectivity index (χ3v) is 1.79. The van der Waals surface area contributed by atoms with Crippen LogP contribution in [0.1, 0.15) is 38.1 Å². The molecule has 0 spiro atoms. The normalized spacial score (nSPS) is 11.0. The zero-order chi connectivity index (χ0) is 12.2. The molecule has 3 heteroatoms. The van der Waals surface area contributed by atoms with Gasteiger partial charge in [-0.05, 0) is 52.0 Å². The Morgan fingerprint density at radius 2 is 1.75 bits per heavy atom. The molecule has 16 heavy (non-hydrogen) atoms. The number of ether oxygens (including phenoxy) is 2. The quantitative estimate of drug-likeness (QED) is 0.737. The standard InChI is InChI=1S/C13H18O3/c1-5-15-12(14)10-6-8-11(9-7-10)16-13(2,3)4/h6-9H,5H2,1-4H3. The van der Waals surface area contributed by atoms with E-state index in [2.05, 4.69) is 0 Å². The van der Waals surface area contributed by atoms with E-state index in [0.717, 1.165) is 5.75 Å². The zero-order valence-corrected chi connectivity index (χ0v) is 10.2. The molecule has 0 radical (unpaired) electrons. The molecule has 0 bridgehead atoms. The average molecular weight is 222 g/mol. The summed E-state index contributed by atoms with van der Waals surface area (Å²) < 4.78 is 10.5. The van der Waals surface area contributed by atoms with Gasteiger partial charge in [0.2, 0.25) is 0 Å². The lowest BCUT2D eigenvalue weighted by atomic mass is 10.2. The number of carbonyl (C=O) groups is 1. The maximum Gasteiger partial charge on any atom is 0.338 e. The van der Waals surface area contributed by atoms with Crippen molar-refractivity contribution >= 4 is 5.97 Å². The second-order valence-corrected chi connectivity index (χ2v) is 4.46. The third-order valence-electron chi connectivity index (χ3n) is 1.79. The van der Waals surface area contributed by atoms with Crippen molar-refractivity contribution in [2.24, 2.45) is 0 Å². The first-order valence-electron chi connectivity index (χ1n) is 5.38. The summed E-state index contributed by atoms with van der Waals surface area (Å²) in [5.41, 5.74) is 0.314. The summed E-state index contributed by atoms with van der Waals surface area (Å²) in [6, 6.07) is 6.97. The van der Waals surface area contributed by atoms with Gasteiger partial charge in [-0.1, -0.05) is 0 Å². The number of esters is 1. The molecule has 0 atom stereocenters. The van der Waals surface area contributed by atoms with Crippen LogP contribution in [0, 0.1) is 0 Å². The van der Waals surface area contributed by atoms with E-state index in [1.807, 2.05) is 20.8 Å². The van der Waals surface area contributed by atoms with Crippen molar-refractivity contribution < 1.29 is 14.3 Å². The van der Waals surface area contributed by atoms with Gasteiger partial charge in [-0.25, -0.2) is 4.79 Å². The van der Waals surface area contributed by atoms with E-state index in [9.17, 15) is 4.79 Å². The Labute approximate surface area is 96.4 Å². The SMILES string of the molecule is CCOC(=O)c1ccc(OC(C)(C)C)cc1. The van der Waals surface area contributed by atoms with Crippen molar-refractivity contribution in [3.05, 3.63) is 29.8 Å². The molecule has 1 rings (SSSR count). The Hall–Kier alpha value is -1.51. The number of rotatable bonds is 3. The molecule has 0 heterocycles. The Morgan fingerprint density at radius 1 is 1.19 bits per heavy atom. The topological polar surface area (TPSA) is 35.5 Å². The largest absolute Gasteiger partial charge is 0.488 e. The van der Waals surface area contributed by atoms with Gasteiger partial charge in [0.15, 0.2) is 0 Å². The Morgan fingerprint density at radius 3 is 2.19 bits per heavy atom. The number of hydrogen-bond acceptors (Lipinski definition) is 3. The predicted octanol–water partition coefficient (Wildman–Crippen LogP) is 3.04. The highest BCUT2D eigenvalue weighted by atomic mass is 16.5. The molecule has 0 fully saturated rings. The molecule has 3 nitrogen and oxygen atoms in total. The van der Waals surface area contributed by atoms with E-state index in [-0.39, 0.29) is 11.6 Å². The summed E-state index contributed by atoms with van der Waals surface area (Å²) >= 11 is 0. The molecular formula is C13H18O3. The molecule has 0 aliphatic rings. The fraction of sp³-hybridized carbons (Fsp3) is 0.462. The van der Waals surface area contributed by atoms with Crippen LogP contribution in [0.2, 0.25) is 0 Å². The highest BCUT2D eigenvalue weighted by molar-refractivity contribution is 5.89. The van der Waals surface area contributed by atoms with Crippen molar-refractivity contribution in [1.82, 2.24) is 0 Å². The minimum Gasteiger partial charge on any atom is -0.488 e. The second kappa shape index (κ2) is 5.01. The van der Waals surface area contributed by atoms with Crippen LogP contribution < -0.4 is 4.74 Å². The zero-order valence-electron chi connectivity index (χ0n) is 10.2. The van der Waals surface area contributed by atoms with Crippen LogP contribution in [0.5, 0.6) is 5.75 Å². The number of hydrogen-bond donors (Lipinski definition) is 0. The first kappa shape index (κ1) is 12.6. The Kier molecular flexibility index (Phi) is 3.93. The van der Waals surface area contributed by atoms with Gasteiger partial charge >= 0.3 is 5.97 Å². The van der Waals surface area contributed by atoms with Gasteiger partial charge in [-0.15, -0.1) is 0 Å².